The minimum atomic E-state index is 0.221. The second kappa shape index (κ2) is 1.93. The lowest BCUT2D eigenvalue weighted by molar-refractivity contribution is -0.122. The Balaban J connectivity index is 1.97. The number of nitrogens with zero attached hydrogens (tertiary/aromatic N) is 1. The Hall–Kier alpha value is -0.220. The van der Waals surface area contributed by atoms with E-state index in [2.05, 4.69) is 9.03 Å². The molecular formula is C7H10N2OS. The van der Waals surface area contributed by atoms with Gasteiger partial charge in [0.25, 0.3) is 0 Å². The van der Waals surface area contributed by atoms with Crippen molar-refractivity contribution in [2.45, 2.75) is 31.3 Å². The van der Waals surface area contributed by atoms with Crippen LogP contribution in [0.15, 0.2) is 0 Å². The van der Waals surface area contributed by atoms with E-state index in [1.165, 1.54) is 31.4 Å². The van der Waals surface area contributed by atoms with Gasteiger partial charge in [-0.2, -0.15) is 0 Å². The van der Waals surface area contributed by atoms with Crippen molar-refractivity contribution in [3.8, 4) is 0 Å². The van der Waals surface area contributed by atoms with Gasteiger partial charge in [-0.1, -0.05) is 0 Å². The van der Waals surface area contributed by atoms with Crippen molar-refractivity contribution in [1.29, 1.82) is 0 Å². The number of rotatable bonds is 0. The number of hydrogen-bond donors (Lipinski definition) is 1. The molecule has 0 aromatic rings. The number of piperidine rings is 1. The van der Waals surface area contributed by atoms with Gasteiger partial charge in [0.15, 0.2) is 0 Å². The van der Waals surface area contributed by atoms with E-state index in [0.29, 0.717) is 12.0 Å². The Bertz CT molecular complexity index is 220. The Morgan fingerprint density at radius 3 is 3.27 bits per heavy atom. The highest BCUT2D eigenvalue weighted by atomic mass is 32.2. The zero-order valence-electron chi connectivity index (χ0n) is 6.12. The first kappa shape index (κ1) is 6.31. The van der Waals surface area contributed by atoms with Gasteiger partial charge < -0.3 is 0 Å². The quantitative estimate of drug-likeness (QED) is 0.538. The molecule has 1 amide bonds. The summed E-state index contributed by atoms with van der Waals surface area (Å²) in [7, 11) is 0. The van der Waals surface area contributed by atoms with Crippen LogP contribution in [0, 0.1) is 5.92 Å². The van der Waals surface area contributed by atoms with Crippen LogP contribution in [-0.4, -0.2) is 22.3 Å². The first-order chi connectivity index (χ1) is 5.36. The summed E-state index contributed by atoms with van der Waals surface area (Å²) in [6.45, 7) is 0. The summed E-state index contributed by atoms with van der Waals surface area (Å²) in [4.78, 5) is 11.3. The van der Waals surface area contributed by atoms with Crippen molar-refractivity contribution in [1.82, 2.24) is 9.03 Å². The highest BCUT2D eigenvalue weighted by Crippen LogP contribution is 2.47. The predicted octanol–water partition coefficient (Wildman–Crippen LogP) is 0.532. The van der Waals surface area contributed by atoms with Gasteiger partial charge >= 0.3 is 0 Å². The average molecular weight is 170 g/mol. The largest absolute Gasteiger partial charge is 0.285 e. The van der Waals surface area contributed by atoms with Crippen molar-refractivity contribution < 1.29 is 4.79 Å². The first-order valence-corrected chi connectivity index (χ1v) is 4.89. The topological polar surface area (TPSA) is 32.3 Å². The maximum atomic E-state index is 11.3. The van der Waals surface area contributed by atoms with Crippen molar-refractivity contribution >= 4 is 18.0 Å². The lowest BCUT2D eigenvalue weighted by Crippen LogP contribution is -2.36. The second-order valence-electron chi connectivity index (χ2n) is 3.59. The molecule has 0 radical (unpaired) electrons. The van der Waals surface area contributed by atoms with Crippen molar-refractivity contribution in [3.63, 3.8) is 0 Å². The van der Waals surface area contributed by atoms with Gasteiger partial charge in [0.1, 0.15) is 6.04 Å². The molecule has 3 unspecified atom stereocenters. The highest BCUT2D eigenvalue weighted by Gasteiger charge is 2.53. The molecule has 3 fully saturated rings. The number of amides is 1. The molecule has 2 aliphatic heterocycles. The Morgan fingerprint density at radius 1 is 1.55 bits per heavy atom. The van der Waals surface area contributed by atoms with Crippen LogP contribution < -0.4 is 4.72 Å². The van der Waals surface area contributed by atoms with E-state index in [1.807, 2.05) is 0 Å². The van der Waals surface area contributed by atoms with E-state index < -0.39 is 0 Å². The van der Waals surface area contributed by atoms with Crippen molar-refractivity contribution in [2.75, 3.05) is 0 Å². The zero-order valence-corrected chi connectivity index (χ0v) is 6.93. The molecule has 2 saturated heterocycles. The van der Waals surface area contributed by atoms with Gasteiger partial charge in [-0.05, 0) is 25.2 Å². The first-order valence-electron chi connectivity index (χ1n) is 4.11. The number of carbonyl (C=O) groups is 1. The number of nitrogens with one attached hydrogen (secondary N) is 1. The summed E-state index contributed by atoms with van der Waals surface area (Å²) < 4.78 is 5.09. The minimum Gasteiger partial charge on any atom is -0.285 e. The van der Waals surface area contributed by atoms with Gasteiger partial charge in [0.05, 0.1) is 0 Å². The number of carbonyl (C=O) groups excluding carboxylic acids is 1. The molecule has 3 atom stereocenters. The maximum absolute atomic E-state index is 11.3. The van der Waals surface area contributed by atoms with Gasteiger partial charge in [0, 0.05) is 18.2 Å². The van der Waals surface area contributed by atoms with E-state index in [4.69, 9.17) is 0 Å². The van der Waals surface area contributed by atoms with Crippen molar-refractivity contribution in [3.05, 3.63) is 0 Å². The number of hydrogen-bond acceptors (Lipinski definition) is 3. The molecule has 60 valence electrons. The van der Waals surface area contributed by atoms with Crippen LogP contribution in [-0.2, 0) is 4.79 Å². The van der Waals surface area contributed by atoms with Crippen LogP contribution in [0.2, 0.25) is 0 Å². The fourth-order valence-electron chi connectivity index (χ4n) is 2.56. The average Bonchev–Trinajstić information content (AvgIpc) is 2.60. The molecule has 3 aliphatic rings. The summed E-state index contributed by atoms with van der Waals surface area (Å²) in [5.41, 5.74) is 0. The molecule has 1 N–H and O–H groups in total. The zero-order chi connectivity index (χ0) is 7.42. The van der Waals surface area contributed by atoms with Crippen molar-refractivity contribution in [2.24, 2.45) is 5.92 Å². The van der Waals surface area contributed by atoms with E-state index in [1.54, 1.807) is 0 Å². The molecule has 1 saturated carbocycles. The SMILES string of the molecule is O=C1NSN2C3CCC(C3)C12. The highest BCUT2D eigenvalue weighted by molar-refractivity contribution is 7.96. The van der Waals surface area contributed by atoms with Crippen LogP contribution in [0.25, 0.3) is 0 Å². The van der Waals surface area contributed by atoms with Gasteiger partial charge in [0.2, 0.25) is 5.91 Å². The molecule has 2 heterocycles. The molecule has 2 bridgehead atoms. The third-order valence-electron chi connectivity index (χ3n) is 3.05. The minimum absolute atomic E-state index is 0.221. The van der Waals surface area contributed by atoms with E-state index >= 15 is 0 Å². The van der Waals surface area contributed by atoms with Gasteiger partial charge in [-0.25, -0.2) is 4.31 Å². The molecule has 1 aliphatic carbocycles. The standard InChI is InChI=1S/C7H10N2OS/c10-7-6-4-1-2-5(3-4)9(6)11-8-7/h4-6H,1-3H2,(H,8,10). The monoisotopic (exact) mass is 170 g/mol. The van der Waals surface area contributed by atoms with Crippen LogP contribution in [0.3, 0.4) is 0 Å². The third kappa shape index (κ3) is 0.667. The second-order valence-corrected chi connectivity index (χ2v) is 4.40. The Morgan fingerprint density at radius 2 is 2.45 bits per heavy atom. The third-order valence-corrected chi connectivity index (χ3v) is 4.07. The molecule has 3 rings (SSSR count). The Labute approximate surface area is 69.8 Å². The van der Waals surface area contributed by atoms with Gasteiger partial charge in [-0.3, -0.25) is 9.52 Å². The molecule has 3 nitrogen and oxygen atoms in total. The molecule has 0 aromatic heterocycles. The Kier molecular flexibility index (Phi) is 1.11. The fourth-order valence-corrected chi connectivity index (χ4v) is 3.60. The summed E-state index contributed by atoms with van der Waals surface area (Å²) >= 11 is 1.52. The molecule has 0 spiro atoms. The molecule has 0 aromatic carbocycles. The summed E-state index contributed by atoms with van der Waals surface area (Å²) in [6.07, 6.45) is 3.81. The van der Waals surface area contributed by atoms with Crippen LogP contribution in [0.4, 0.5) is 0 Å². The lowest BCUT2D eigenvalue weighted by atomic mass is 10.00. The molecular weight excluding hydrogens is 160 g/mol. The summed E-state index contributed by atoms with van der Waals surface area (Å²) in [5.74, 6) is 0.900. The number of fused-ring (bicyclic) bond motifs is 5. The van der Waals surface area contributed by atoms with E-state index in [0.717, 1.165) is 0 Å². The fraction of sp³-hybridized carbons (Fsp3) is 0.857. The van der Waals surface area contributed by atoms with Crippen LogP contribution in [0.1, 0.15) is 19.3 Å². The normalized spacial score (nSPS) is 48.0. The smallest absolute Gasteiger partial charge is 0.249 e. The maximum Gasteiger partial charge on any atom is 0.249 e. The van der Waals surface area contributed by atoms with Gasteiger partial charge in [-0.15, -0.1) is 0 Å². The van der Waals surface area contributed by atoms with Crippen LogP contribution in [0.5, 0.6) is 0 Å². The molecule has 11 heavy (non-hydrogen) atoms. The summed E-state index contributed by atoms with van der Waals surface area (Å²) in [5, 5.41) is 0. The van der Waals surface area contributed by atoms with E-state index in [9.17, 15) is 4.79 Å². The molecule has 4 heteroatoms. The van der Waals surface area contributed by atoms with E-state index in [-0.39, 0.29) is 11.9 Å². The lowest BCUT2D eigenvalue weighted by Gasteiger charge is -2.23. The van der Waals surface area contributed by atoms with Crippen LogP contribution >= 0.6 is 12.1 Å². The summed E-state index contributed by atoms with van der Waals surface area (Å²) in [6, 6.07) is 0.910. The predicted molar refractivity (Wildman–Crippen MR) is 42.5 cm³/mol.